The smallest absolute Gasteiger partial charge is 0.329 e. The molecule has 0 heterocycles. The van der Waals surface area contributed by atoms with E-state index in [1.807, 2.05) is 19.1 Å². The molecule has 3 aromatic rings. The quantitative estimate of drug-likeness (QED) is 0.268. The van der Waals surface area contributed by atoms with Gasteiger partial charge < -0.3 is 19.5 Å². The summed E-state index contributed by atoms with van der Waals surface area (Å²) in [6.45, 7) is 2.66. The maximum absolute atomic E-state index is 12.1. The summed E-state index contributed by atoms with van der Waals surface area (Å²) in [5.74, 6) is -0.262. The largest absolute Gasteiger partial charge is 0.495 e. The van der Waals surface area contributed by atoms with Crippen molar-refractivity contribution < 1.29 is 23.8 Å². The first kappa shape index (κ1) is 24.6. The molecule has 0 unspecified atom stereocenters. The number of anilines is 1. The van der Waals surface area contributed by atoms with E-state index >= 15 is 0 Å². The van der Waals surface area contributed by atoms with E-state index in [0.29, 0.717) is 46.7 Å². The van der Waals surface area contributed by atoms with Gasteiger partial charge in [-0.25, -0.2) is 5.43 Å². The topological polar surface area (TPSA) is 98.2 Å². The van der Waals surface area contributed by atoms with Crippen LogP contribution in [-0.4, -0.2) is 31.7 Å². The molecule has 3 aromatic carbocycles. The van der Waals surface area contributed by atoms with E-state index < -0.39 is 11.8 Å². The zero-order valence-corrected chi connectivity index (χ0v) is 19.5. The molecule has 0 aromatic heterocycles. The fourth-order valence-corrected chi connectivity index (χ4v) is 3.00. The number of ether oxygens (including phenoxy) is 3. The van der Waals surface area contributed by atoms with E-state index in [4.69, 9.17) is 25.8 Å². The second kappa shape index (κ2) is 12.3. The molecule has 2 N–H and O–H groups in total. The van der Waals surface area contributed by atoms with Gasteiger partial charge in [0.2, 0.25) is 0 Å². The minimum Gasteiger partial charge on any atom is -0.495 e. The van der Waals surface area contributed by atoms with Gasteiger partial charge in [-0.05, 0) is 60.5 Å². The number of nitrogens with zero attached hydrogens (tertiary/aromatic N) is 1. The number of hydrazone groups is 1. The van der Waals surface area contributed by atoms with Crippen LogP contribution in [0.4, 0.5) is 5.69 Å². The zero-order valence-electron chi connectivity index (χ0n) is 18.7. The molecular formula is C25H24ClN3O5. The number of para-hydroxylation sites is 2. The van der Waals surface area contributed by atoms with Crippen molar-refractivity contribution in [2.24, 2.45) is 5.10 Å². The highest BCUT2D eigenvalue weighted by Gasteiger charge is 2.15. The summed E-state index contributed by atoms with van der Waals surface area (Å²) in [5, 5.41) is 6.99. The molecule has 0 atom stereocenters. The monoisotopic (exact) mass is 481 g/mol. The molecule has 0 radical (unpaired) electrons. The summed E-state index contributed by atoms with van der Waals surface area (Å²) in [7, 11) is 1.47. The summed E-state index contributed by atoms with van der Waals surface area (Å²) in [6.07, 6.45) is 1.40. The number of hydrogen-bond donors (Lipinski definition) is 2. The Labute approximate surface area is 202 Å². The summed E-state index contributed by atoms with van der Waals surface area (Å²) >= 11 is 5.91. The molecule has 3 rings (SSSR count). The fourth-order valence-electron chi connectivity index (χ4n) is 2.88. The van der Waals surface area contributed by atoms with Crippen LogP contribution in [0.2, 0.25) is 5.02 Å². The molecule has 0 bridgehead atoms. The standard InChI is InChI=1S/C25H24ClN3O5/c1-3-33-23-14-18(10-13-22(23)34-16-17-8-11-19(26)12-9-17)15-27-29-25(31)24(30)28-20-6-4-5-7-21(20)32-2/h4-15H,3,16H2,1-2H3,(H,28,30)(H,29,31)/b27-15+. The van der Waals surface area contributed by atoms with E-state index in [1.165, 1.54) is 13.3 Å². The molecule has 0 spiro atoms. The number of carbonyl (C=O) groups excluding carboxylic acids is 2. The van der Waals surface area contributed by atoms with Crippen LogP contribution in [0.25, 0.3) is 0 Å². The van der Waals surface area contributed by atoms with Gasteiger partial charge in [0.15, 0.2) is 11.5 Å². The average molecular weight is 482 g/mol. The molecule has 9 heteroatoms. The molecule has 0 aliphatic heterocycles. The van der Waals surface area contributed by atoms with Gasteiger partial charge in [-0.2, -0.15) is 5.10 Å². The first-order chi connectivity index (χ1) is 16.5. The predicted molar refractivity (Wildman–Crippen MR) is 131 cm³/mol. The van der Waals surface area contributed by atoms with Gasteiger partial charge in [0.1, 0.15) is 12.4 Å². The number of hydrogen-bond acceptors (Lipinski definition) is 6. The van der Waals surface area contributed by atoms with Crippen molar-refractivity contribution in [3.05, 3.63) is 82.9 Å². The van der Waals surface area contributed by atoms with Crippen molar-refractivity contribution in [1.29, 1.82) is 0 Å². The zero-order chi connectivity index (χ0) is 24.3. The van der Waals surface area contributed by atoms with E-state index in [1.54, 1.807) is 54.6 Å². The van der Waals surface area contributed by atoms with Gasteiger partial charge in [-0.3, -0.25) is 9.59 Å². The van der Waals surface area contributed by atoms with E-state index in [0.717, 1.165) is 5.56 Å². The van der Waals surface area contributed by atoms with Crippen molar-refractivity contribution in [2.45, 2.75) is 13.5 Å². The van der Waals surface area contributed by atoms with Crippen LogP contribution in [0, 0.1) is 0 Å². The van der Waals surface area contributed by atoms with Crippen LogP contribution in [0.5, 0.6) is 17.2 Å². The Bertz CT molecular complexity index is 1170. The molecule has 8 nitrogen and oxygen atoms in total. The van der Waals surface area contributed by atoms with Crippen LogP contribution in [0.1, 0.15) is 18.1 Å². The van der Waals surface area contributed by atoms with E-state index in [-0.39, 0.29) is 0 Å². The SMILES string of the molecule is CCOc1cc(/C=N/NC(=O)C(=O)Nc2ccccc2OC)ccc1OCc1ccc(Cl)cc1. The normalized spacial score (nSPS) is 10.6. The molecule has 2 amide bonds. The molecule has 0 aliphatic rings. The lowest BCUT2D eigenvalue weighted by Gasteiger charge is -2.12. The summed E-state index contributed by atoms with van der Waals surface area (Å²) in [6, 6.07) is 19.4. The lowest BCUT2D eigenvalue weighted by Crippen LogP contribution is -2.32. The third-order valence-electron chi connectivity index (χ3n) is 4.52. The fraction of sp³-hybridized carbons (Fsp3) is 0.160. The van der Waals surface area contributed by atoms with Gasteiger partial charge in [-0.15, -0.1) is 0 Å². The minimum absolute atomic E-state index is 0.349. The molecule has 0 aliphatic carbocycles. The number of carbonyl (C=O) groups is 2. The number of nitrogens with one attached hydrogen (secondary N) is 2. The molecular weight excluding hydrogens is 458 g/mol. The number of rotatable bonds is 9. The second-order valence-electron chi connectivity index (χ2n) is 6.91. The van der Waals surface area contributed by atoms with Gasteiger partial charge >= 0.3 is 11.8 Å². The lowest BCUT2D eigenvalue weighted by molar-refractivity contribution is -0.136. The Morgan fingerprint density at radius 1 is 0.941 bits per heavy atom. The van der Waals surface area contributed by atoms with Crippen molar-refractivity contribution >= 4 is 35.3 Å². The van der Waals surface area contributed by atoms with Crippen molar-refractivity contribution in [2.75, 3.05) is 19.0 Å². The Morgan fingerprint density at radius 3 is 2.44 bits per heavy atom. The highest BCUT2D eigenvalue weighted by molar-refractivity contribution is 6.39. The third kappa shape index (κ3) is 6.98. The first-order valence-electron chi connectivity index (χ1n) is 10.4. The third-order valence-corrected chi connectivity index (χ3v) is 4.77. The van der Waals surface area contributed by atoms with Crippen LogP contribution >= 0.6 is 11.6 Å². The van der Waals surface area contributed by atoms with Gasteiger partial charge in [0, 0.05) is 5.02 Å². The summed E-state index contributed by atoms with van der Waals surface area (Å²) in [5.41, 5.74) is 4.19. The lowest BCUT2D eigenvalue weighted by atomic mass is 10.2. The molecule has 0 saturated carbocycles. The van der Waals surface area contributed by atoms with Crippen molar-refractivity contribution in [3.8, 4) is 17.2 Å². The van der Waals surface area contributed by atoms with Gasteiger partial charge in [0.05, 0.1) is 25.6 Å². The Balaban J connectivity index is 1.60. The maximum Gasteiger partial charge on any atom is 0.329 e. The van der Waals surface area contributed by atoms with E-state index in [9.17, 15) is 9.59 Å². The first-order valence-corrected chi connectivity index (χ1v) is 10.8. The average Bonchev–Trinajstić information content (AvgIpc) is 2.85. The predicted octanol–water partition coefficient (Wildman–Crippen LogP) is 4.42. The highest BCUT2D eigenvalue weighted by atomic mass is 35.5. The van der Waals surface area contributed by atoms with Crippen LogP contribution in [0.3, 0.4) is 0 Å². The molecule has 0 saturated heterocycles. The number of benzene rings is 3. The Hall–Kier alpha value is -4.04. The second-order valence-corrected chi connectivity index (χ2v) is 7.34. The molecule has 0 fully saturated rings. The summed E-state index contributed by atoms with van der Waals surface area (Å²) in [4.78, 5) is 24.2. The Kier molecular flexibility index (Phi) is 8.88. The number of methoxy groups -OCH3 is 1. The van der Waals surface area contributed by atoms with Gasteiger partial charge in [-0.1, -0.05) is 35.9 Å². The van der Waals surface area contributed by atoms with E-state index in [2.05, 4.69) is 15.8 Å². The van der Waals surface area contributed by atoms with Crippen LogP contribution in [0.15, 0.2) is 71.8 Å². The maximum atomic E-state index is 12.1. The van der Waals surface area contributed by atoms with Crippen LogP contribution < -0.4 is 25.0 Å². The molecule has 34 heavy (non-hydrogen) atoms. The highest BCUT2D eigenvalue weighted by Crippen LogP contribution is 2.29. The van der Waals surface area contributed by atoms with Crippen LogP contribution in [-0.2, 0) is 16.2 Å². The van der Waals surface area contributed by atoms with Crippen molar-refractivity contribution in [1.82, 2.24) is 5.43 Å². The summed E-state index contributed by atoms with van der Waals surface area (Å²) < 4.78 is 16.7. The Morgan fingerprint density at radius 2 is 1.71 bits per heavy atom. The number of amides is 2. The van der Waals surface area contributed by atoms with Gasteiger partial charge in [0.25, 0.3) is 0 Å². The minimum atomic E-state index is -0.921. The number of halogens is 1. The molecule has 176 valence electrons. The van der Waals surface area contributed by atoms with Crippen molar-refractivity contribution in [3.63, 3.8) is 0 Å².